The van der Waals surface area contributed by atoms with E-state index >= 15 is 0 Å². The average Bonchev–Trinajstić information content (AvgIpc) is 3.88. The van der Waals surface area contributed by atoms with Crippen LogP contribution in [0.1, 0.15) is 0 Å². The third-order valence-corrected chi connectivity index (χ3v) is 12.2. The van der Waals surface area contributed by atoms with Gasteiger partial charge in [0, 0.05) is 44.0 Å². The zero-order chi connectivity index (χ0) is 40.3. The van der Waals surface area contributed by atoms with Gasteiger partial charge in [0.2, 0.25) is 0 Å². The topological polar surface area (TPSA) is 21.3 Å². The van der Waals surface area contributed by atoms with Crippen molar-refractivity contribution in [1.82, 2.24) is 4.57 Å². The third kappa shape index (κ3) is 5.90. The Hall–Kier alpha value is -8.14. The molecular formula is C58H38N2O. The van der Waals surface area contributed by atoms with Gasteiger partial charge in [0.15, 0.2) is 0 Å². The van der Waals surface area contributed by atoms with Crippen LogP contribution in [0.3, 0.4) is 0 Å². The summed E-state index contributed by atoms with van der Waals surface area (Å²) in [6.45, 7) is 0. The largest absolute Gasteiger partial charge is 0.456 e. The fourth-order valence-corrected chi connectivity index (χ4v) is 9.33. The van der Waals surface area contributed by atoms with Crippen molar-refractivity contribution in [2.75, 3.05) is 4.90 Å². The molecule has 0 fully saturated rings. The molecule has 10 aromatic carbocycles. The predicted molar refractivity (Wildman–Crippen MR) is 257 cm³/mol. The first-order valence-electron chi connectivity index (χ1n) is 20.8. The molecule has 3 nitrogen and oxygen atoms in total. The molecule has 0 aliphatic heterocycles. The molecule has 0 unspecified atom stereocenters. The molecule has 0 aliphatic carbocycles. The molecule has 3 heteroatoms. The maximum atomic E-state index is 6.34. The second-order valence-electron chi connectivity index (χ2n) is 15.7. The summed E-state index contributed by atoms with van der Waals surface area (Å²) < 4.78 is 8.73. The number of rotatable bonds is 7. The molecule has 0 saturated carbocycles. The van der Waals surface area contributed by atoms with Crippen molar-refractivity contribution in [2.45, 2.75) is 0 Å². The van der Waals surface area contributed by atoms with Crippen LogP contribution in [0.15, 0.2) is 235 Å². The van der Waals surface area contributed by atoms with Gasteiger partial charge in [-0.3, -0.25) is 0 Å². The summed E-state index contributed by atoms with van der Waals surface area (Å²) >= 11 is 0. The van der Waals surface area contributed by atoms with Crippen molar-refractivity contribution in [2.24, 2.45) is 0 Å². The van der Waals surface area contributed by atoms with Crippen LogP contribution in [0.4, 0.5) is 17.1 Å². The molecule has 0 aliphatic rings. The second-order valence-corrected chi connectivity index (χ2v) is 15.7. The van der Waals surface area contributed by atoms with E-state index in [1.54, 1.807) is 0 Å². The van der Waals surface area contributed by atoms with Crippen LogP contribution in [0.25, 0.3) is 93.6 Å². The van der Waals surface area contributed by atoms with Crippen LogP contribution >= 0.6 is 0 Å². The monoisotopic (exact) mass is 778 g/mol. The second kappa shape index (κ2) is 14.3. The zero-order valence-electron chi connectivity index (χ0n) is 33.2. The smallest absolute Gasteiger partial charge is 0.136 e. The Balaban J connectivity index is 0.983. The van der Waals surface area contributed by atoms with E-state index in [9.17, 15) is 0 Å². The summed E-state index contributed by atoms with van der Waals surface area (Å²) in [5, 5.41) is 7.14. The fourth-order valence-electron chi connectivity index (χ4n) is 9.33. The molecule has 2 heterocycles. The van der Waals surface area contributed by atoms with Gasteiger partial charge in [-0.15, -0.1) is 0 Å². The first-order valence-corrected chi connectivity index (χ1v) is 20.8. The molecule has 0 atom stereocenters. The van der Waals surface area contributed by atoms with Crippen LogP contribution in [-0.2, 0) is 0 Å². The molecule has 12 rings (SSSR count). The van der Waals surface area contributed by atoms with Gasteiger partial charge in [-0.25, -0.2) is 0 Å². The first kappa shape index (κ1) is 34.9. The lowest BCUT2D eigenvalue weighted by atomic mass is 9.95. The summed E-state index contributed by atoms with van der Waals surface area (Å²) in [5.74, 6) is 0. The predicted octanol–water partition coefficient (Wildman–Crippen LogP) is 16.3. The number of anilines is 3. The van der Waals surface area contributed by atoms with E-state index < -0.39 is 0 Å². The van der Waals surface area contributed by atoms with E-state index in [0.29, 0.717) is 0 Å². The van der Waals surface area contributed by atoms with E-state index in [1.165, 1.54) is 43.9 Å². The molecular weight excluding hydrogens is 741 g/mol. The number of nitrogens with zero attached hydrogens (tertiary/aromatic N) is 2. The van der Waals surface area contributed by atoms with Gasteiger partial charge < -0.3 is 13.9 Å². The van der Waals surface area contributed by atoms with Crippen molar-refractivity contribution in [3.8, 4) is 39.1 Å². The van der Waals surface area contributed by atoms with Crippen LogP contribution in [-0.4, -0.2) is 4.57 Å². The Bertz CT molecular complexity index is 3540. The highest BCUT2D eigenvalue weighted by atomic mass is 16.3. The van der Waals surface area contributed by atoms with Crippen molar-refractivity contribution >= 4 is 71.6 Å². The highest BCUT2D eigenvalue weighted by molar-refractivity contribution is 6.11. The maximum Gasteiger partial charge on any atom is 0.136 e. The summed E-state index contributed by atoms with van der Waals surface area (Å²) in [6, 6.07) is 83.0. The average molecular weight is 779 g/mol. The minimum atomic E-state index is 0.895. The van der Waals surface area contributed by atoms with E-state index in [1.807, 2.05) is 12.1 Å². The normalized spacial score (nSPS) is 11.6. The SMILES string of the molecule is c1ccc(-c2cccc(N(c3ccc(-c4cccc(-n5c6ccccc6c6ccccc65)c4)cc3)c3ccc(-c4ccc5c(c4)oc4ccccc45)c4ccccc34)c2)cc1. The van der Waals surface area contributed by atoms with Crippen LogP contribution in [0.2, 0.25) is 0 Å². The lowest BCUT2D eigenvalue weighted by molar-refractivity contribution is 0.669. The minimum Gasteiger partial charge on any atom is -0.456 e. The highest BCUT2D eigenvalue weighted by Crippen LogP contribution is 2.44. The quantitative estimate of drug-likeness (QED) is 0.161. The third-order valence-electron chi connectivity index (χ3n) is 12.2. The van der Waals surface area contributed by atoms with E-state index in [2.05, 4.69) is 228 Å². The van der Waals surface area contributed by atoms with Gasteiger partial charge in [0.25, 0.3) is 0 Å². The van der Waals surface area contributed by atoms with Crippen molar-refractivity contribution in [1.29, 1.82) is 0 Å². The molecule has 0 radical (unpaired) electrons. The maximum absolute atomic E-state index is 6.34. The van der Waals surface area contributed by atoms with Gasteiger partial charge >= 0.3 is 0 Å². The number of furan rings is 1. The molecule has 0 bridgehead atoms. The molecule has 286 valence electrons. The molecule has 2 aromatic heterocycles. The van der Waals surface area contributed by atoms with Crippen LogP contribution in [0, 0.1) is 0 Å². The standard InChI is InChI=1S/C58H38N2O/c1-2-14-39(15-3-1)41-16-12-18-45(36-41)59(56-35-34-47(48-20-4-5-21-49(48)56)43-30-33-53-52-24-8-11-27-57(52)61-58(53)38-43)44-31-28-40(29-32-44)42-17-13-19-46(37-42)60-54-25-9-6-22-50(54)51-23-7-10-26-55(51)60/h1-38H. The van der Waals surface area contributed by atoms with Gasteiger partial charge in [-0.2, -0.15) is 0 Å². The van der Waals surface area contributed by atoms with Crippen molar-refractivity contribution < 1.29 is 4.42 Å². The number of hydrogen-bond donors (Lipinski definition) is 0. The lowest BCUT2D eigenvalue weighted by Crippen LogP contribution is -2.10. The number of hydrogen-bond acceptors (Lipinski definition) is 2. The van der Waals surface area contributed by atoms with Crippen molar-refractivity contribution in [3.63, 3.8) is 0 Å². The number of aromatic nitrogens is 1. The van der Waals surface area contributed by atoms with Gasteiger partial charge in [-0.1, -0.05) is 158 Å². The fraction of sp³-hybridized carbons (Fsp3) is 0. The highest BCUT2D eigenvalue weighted by Gasteiger charge is 2.19. The molecule has 61 heavy (non-hydrogen) atoms. The Kier molecular flexibility index (Phi) is 8.17. The van der Waals surface area contributed by atoms with Gasteiger partial charge in [0.1, 0.15) is 11.2 Å². The Labute approximate surface area is 353 Å². The van der Waals surface area contributed by atoms with E-state index in [-0.39, 0.29) is 0 Å². The number of para-hydroxylation sites is 3. The van der Waals surface area contributed by atoms with E-state index in [0.717, 1.165) is 66.8 Å². The van der Waals surface area contributed by atoms with E-state index in [4.69, 9.17) is 4.42 Å². The van der Waals surface area contributed by atoms with Gasteiger partial charge in [0.05, 0.1) is 16.7 Å². The molecule has 0 amide bonds. The molecule has 0 spiro atoms. The molecule has 0 saturated heterocycles. The summed E-state index contributed by atoms with van der Waals surface area (Å²) in [7, 11) is 0. The molecule has 0 N–H and O–H groups in total. The Morgan fingerprint density at radius 3 is 1.66 bits per heavy atom. The summed E-state index contributed by atoms with van der Waals surface area (Å²) in [5.41, 5.74) is 15.6. The van der Waals surface area contributed by atoms with Crippen molar-refractivity contribution in [3.05, 3.63) is 231 Å². The number of benzene rings is 10. The summed E-state index contributed by atoms with van der Waals surface area (Å²) in [6.07, 6.45) is 0. The number of fused-ring (bicyclic) bond motifs is 7. The van der Waals surface area contributed by atoms with Crippen LogP contribution < -0.4 is 4.90 Å². The Morgan fingerprint density at radius 1 is 0.311 bits per heavy atom. The zero-order valence-corrected chi connectivity index (χ0v) is 33.2. The van der Waals surface area contributed by atoms with Gasteiger partial charge in [-0.05, 0) is 112 Å². The first-order chi connectivity index (χ1) is 30.2. The minimum absolute atomic E-state index is 0.895. The summed E-state index contributed by atoms with van der Waals surface area (Å²) in [4.78, 5) is 2.40. The Morgan fingerprint density at radius 2 is 0.885 bits per heavy atom. The lowest BCUT2D eigenvalue weighted by Gasteiger charge is -2.28. The van der Waals surface area contributed by atoms with Crippen LogP contribution in [0.5, 0.6) is 0 Å². The molecule has 12 aromatic rings.